The summed E-state index contributed by atoms with van der Waals surface area (Å²) in [5, 5.41) is 2.39. The molecule has 1 aliphatic heterocycles. The Labute approximate surface area is 200 Å². The highest BCUT2D eigenvalue weighted by atomic mass is 16.5. The van der Waals surface area contributed by atoms with Crippen molar-refractivity contribution >= 4 is 23.9 Å². The average Bonchev–Trinajstić information content (AvgIpc) is 2.81. The Balaban J connectivity index is 2.24. The number of allylic oxidation sites excluding steroid dienone is 2. The van der Waals surface area contributed by atoms with Gasteiger partial charge in [0.2, 0.25) is 11.9 Å². The largest absolute Gasteiger partial charge is 0.461 e. The molecule has 0 fully saturated rings. The molecule has 1 atom stereocenters. The predicted molar refractivity (Wildman–Crippen MR) is 126 cm³/mol. The molecule has 0 radical (unpaired) electrons. The molecule has 1 aromatic rings. The monoisotopic (exact) mass is 460 g/mol. The maximum atomic E-state index is 12.6. The third-order valence-electron chi connectivity index (χ3n) is 4.95. The lowest BCUT2D eigenvalue weighted by atomic mass is 10.1. The molecule has 0 saturated carbocycles. The van der Waals surface area contributed by atoms with E-state index in [9.17, 15) is 14.4 Å². The van der Waals surface area contributed by atoms with Crippen molar-refractivity contribution in [3.05, 3.63) is 48.0 Å². The Kier molecular flexibility index (Phi) is 9.73. The summed E-state index contributed by atoms with van der Waals surface area (Å²) in [6.07, 6.45) is 8.32. The Hall–Kier alpha value is -3.16. The molecule has 1 aromatic carbocycles. The van der Waals surface area contributed by atoms with E-state index in [0.29, 0.717) is 23.3 Å². The van der Waals surface area contributed by atoms with Gasteiger partial charge in [-0.2, -0.15) is 0 Å². The van der Waals surface area contributed by atoms with E-state index in [1.165, 1.54) is 0 Å². The number of aliphatic imine (C=N–C) groups is 1. The molecule has 2 amide bonds. The van der Waals surface area contributed by atoms with E-state index in [-0.39, 0.29) is 13.0 Å². The summed E-state index contributed by atoms with van der Waals surface area (Å²) >= 11 is 0. The van der Waals surface area contributed by atoms with Gasteiger partial charge in [0.05, 0.1) is 6.10 Å². The first-order chi connectivity index (χ1) is 17.1. The molecule has 0 aromatic heterocycles. The maximum absolute atomic E-state index is 12.6. The number of guanidine groups is 1. The topological polar surface area (TPSA) is 97.3 Å². The van der Waals surface area contributed by atoms with E-state index in [4.69, 9.17) is 13.6 Å². The van der Waals surface area contributed by atoms with Crippen molar-refractivity contribution in [1.82, 2.24) is 10.2 Å². The fraction of sp³-hybridized carbons (Fsp3) is 0.520. The number of hydrogen-bond donors (Lipinski definition) is 1. The number of likely N-dealkylation sites (N-methyl/N-ethyl adjacent to an activating group) is 1. The van der Waals surface area contributed by atoms with E-state index in [1.54, 1.807) is 31.2 Å². The van der Waals surface area contributed by atoms with Gasteiger partial charge in [0.25, 0.3) is 0 Å². The molecule has 1 heterocycles. The molecule has 0 bridgehead atoms. The van der Waals surface area contributed by atoms with Gasteiger partial charge in [-0.1, -0.05) is 42.5 Å². The molecule has 2 rings (SSSR count). The summed E-state index contributed by atoms with van der Waals surface area (Å²) < 4.78 is 34.2. The molecule has 0 spiro atoms. The molecule has 8 nitrogen and oxygen atoms in total. The fourth-order valence-electron chi connectivity index (χ4n) is 3.18. The molecule has 180 valence electrons. The molecule has 1 aliphatic rings. The second kappa shape index (κ2) is 14.8. The van der Waals surface area contributed by atoms with Gasteiger partial charge < -0.3 is 14.4 Å². The lowest BCUT2D eigenvalue weighted by Crippen LogP contribution is -2.45. The normalized spacial score (nSPS) is 23.7. The number of esters is 1. The minimum atomic E-state index is -2.89. The van der Waals surface area contributed by atoms with Gasteiger partial charge in [0.1, 0.15) is 13.2 Å². The van der Waals surface area contributed by atoms with Crippen LogP contribution < -0.4 is 5.32 Å². The van der Waals surface area contributed by atoms with Crippen LogP contribution in [0.1, 0.15) is 68.0 Å². The Morgan fingerprint density at radius 1 is 1.18 bits per heavy atom. The van der Waals surface area contributed by atoms with Crippen molar-refractivity contribution in [1.29, 1.82) is 0 Å². The number of carbonyl (C=O) groups is 3. The Morgan fingerprint density at radius 3 is 2.64 bits per heavy atom. The lowest BCUT2D eigenvalue weighted by Gasteiger charge is -2.22. The number of amides is 2. The van der Waals surface area contributed by atoms with Crippen LogP contribution in [-0.4, -0.2) is 48.5 Å². The number of carbonyl (C=O) groups excluding carboxylic acids is 3. The first-order valence-electron chi connectivity index (χ1n) is 12.9. The van der Waals surface area contributed by atoms with E-state index in [0.717, 1.165) is 32.1 Å². The van der Waals surface area contributed by atoms with Crippen LogP contribution >= 0.6 is 0 Å². The van der Waals surface area contributed by atoms with E-state index >= 15 is 0 Å². The van der Waals surface area contributed by atoms with Crippen LogP contribution in [0, 0.1) is 0 Å². The Morgan fingerprint density at radius 2 is 1.91 bits per heavy atom. The van der Waals surface area contributed by atoms with Gasteiger partial charge in [-0.05, 0) is 57.4 Å². The van der Waals surface area contributed by atoms with E-state index < -0.39 is 43.6 Å². The standard InChI is InChI=1S/C25H35N3O5/c1-20-14-10-7-5-3-4-6-8-13-17-22(29)26-24(28(2)18-23(30)33-20)27-25(31)32-19-21-15-11-9-12-16-21/h3-4,9,11-12,15-16,20H,5-8,10,13-14,17-19H2,1-2H3,(H,26,27,29,31)/b4-3-/t20-/m0/s1/i2D3. The minimum absolute atomic E-state index is 0.0920. The SMILES string of the molecule is [2H]C([2H])([2H])N1CC(=O)O[C@@H](C)CCCC/C=C\CCCCC(=O)N/C1=N/C(=O)OCc1ccccc1. The molecular formula is C25H35N3O5. The third-order valence-corrected chi connectivity index (χ3v) is 4.95. The van der Waals surface area contributed by atoms with Gasteiger partial charge >= 0.3 is 12.1 Å². The highest BCUT2D eigenvalue weighted by Crippen LogP contribution is 2.09. The van der Waals surface area contributed by atoms with Gasteiger partial charge in [0, 0.05) is 17.5 Å². The fourth-order valence-corrected chi connectivity index (χ4v) is 3.18. The number of nitrogens with zero attached hydrogens (tertiary/aromatic N) is 2. The first kappa shape index (κ1) is 21.7. The number of nitrogens with one attached hydrogen (secondary N) is 1. The van der Waals surface area contributed by atoms with Crippen LogP contribution in [0.5, 0.6) is 0 Å². The first-order valence-corrected chi connectivity index (χ1v) is 11.4. The number of hydrogen-bond acceptors (Lipinski definition) is 5. The number of rotatable bonds is 2. The van der Waals surface area contributed by atoms with E-state index in [1.807, 2.05) is 6.07 Å². The Bertz CT molecular complexity index is 919. The van der Waals surface area contributed by atoms with Gasteiger partial charge in [0.15, 0.2) is 0 Å². The summed E-state index contributed by atoms with van der Waals surface area (Å²) in [7, 11) is 0. The minimum Gasteiger partial charge on any atom is -0.461 e. The van der Waals surface area contributed by atoms with Crippen molar-refractivity contribution in [3.8, 4) is 0 Å². The van der Waals surface area contributed by atoms with Crippen molar-refractivity contribution in [2.24, 2.45) is 4.99 Å². The smallest absolute Gasteiger partial charge is 0.437 e. The third kappa shape index (κ3) is 11.3. The van der Waals surface area contributed by atoms with Crippen LogP contribution in [0.2, 0.25) is 0 Å². The van der Waals surface area contributed by atoms with Gasteiger partial charge in [-0.15, -0.1) is 4.99 Å². The zero-order valence-electron chi connectivity index (χ0n) is 22.1. The summed E-state index contributed by atoms with van der Waals surface area (Å²) in [5.41, 5.74) is 0.707. The zero-order chi connectivity index (χ0) is 26.4. The van der Waals surface area contributed by atoms with Crippen molar-refractivity contribution in [2.75, 3.05) is 13.5 Å². The quantitative estimate of drug-likeness (QED) is 0.521. The zero-order valence-corrected chi connectivity index (χ0v) is 19.1. The van der Waals surface area contributed by atoms with Crippen LogP contribution in [0.25, 0.3) is 0 Å². The summed E-state index contributed by atoms with van der Waals surface area (Å²) in [5.74, 6) is -1.91. The maximum Gasteiger partial charge on any atom is 0.437 e. The summed E-state index contributed by atoms with van der Waals surface area (Å²) in [6.45, 7) is -1.97. The number of cyclic esters (lactones) is 1. The molecule has 0 unspecified atom stereocenters. The number of benzene rings is 1. The second-order valence-electron chi connectivity index (χ2n) is 7.91. The molecule has 0 saturated heterocycles. The van der Waals surface area contributed by atoms with Crippen molar-refractivity contribution < 1.29 is 28.0 Å². The number of ether oxygens (including phenoxy) is 2. The van der Waals surface area contributed by atoms with Crippen molar-refractivity contribution in [2.45, 2.75) is 71.0 Å². The van der Waals surface area contributed by atoms with Gasteiger partial charge in [-0.3, -0.25) is 14.9 Å². The summed E-state index contributed by atoms with van der Waals surface area (Å²) in [4.78, 5) is 41.8. The average molecular weight is 461 g/mol. The highest BCUT2D eigenvalue weighted by molar-refractivity contribution is 6.01. The van der Waals surface area contributed by atoms with Crippen LogP contribution in [-0.2, 0) is 25.7 Å². The molecule has 0 aliphatic carbocycles. The molecular weight excluding hydrogens is 422 g/mol. The second-order valence-corrected chi connectivity index (χ2v) is 7.91. The van der Waals surface area contributed by atoms with Gasteiger partial charge in [-0.25, -0.2) is 4.79 Å². The van der Waals surface area contributed by atoms with E-state index in [2.05, 4.69) is 22.5 Å². The van der Waals surface area contributed by atoms with Crippen LogP contribution in [0.3, 0.4) is 0 Å². The van der Waals surface area contributed by atoms with Crippen LogP contribution in [0.4, 0.5) is 4.79 Å². The van der Waals surface area contributed by atoms with Crippen molar-refractivity contribution in [3.63, 3.8) is 0 Å². The highest BCUT2D eigenvalue weighted by Gasteiger charge is 2.18. The van der Waals surface area contributed by atoms with Crippen LogP contribution in [0.15, 0.2) is 47.5 Å². The predicted octanol–water partition coefficient (Wildman–Crippen LogP) is 4.35. The molecule has 1 N–H and O–H groups in total. The molecule has 33 heavy (non-hydrogen) atoms. The lowest BCUT2D eigenvalue weighted by molar-refractivity contribution is -0.148. The molecule has 8 heteroatoms. The summed E-state index contributed by atoms with van der Waals surface area (Å²) in [6, 6.07) is 8.87.